The van der Waals surface area contributed by atoms with Crippen molar-refractivity contribution < 1.29 is 28.2 Å². The molecule has 1 N–H and O–H groups in total. The number of amides is 1. The van der Waals surface area contributed by atoms with E-state index in [9.17, 15) is 18.8 Å². The Kier molecular flexibility index (Phi) is 7.83. The summed E-state index contributed by atoms with van der Waals surface area (Å²) in [4.78, 5) is 39.3. The molecule has 1 amide bonds. The zero-order valence-electron chi connectivity index (χ0n) is 20.4. The molecule has 0 atom stereocenters. The summed E-state index contributed by atoms with van der Waals surface area (Å²) in [6, 6.07) is 9.86. The molecular formula is C26H24FN3O6S. The normalized spacial score (nSPS) is 10.8. The third-order valence-corrected chi connectivity index (χ3v) is 6.12. The highest BCUT2D eigenvalue weighted by molar-refractivity contribution is 7.16. The second kappa shape index (κ2) is 11.2. The molecule has 4 rings (SSSR count). The summed E-state index contributed by atoms with van der Waals surface area (Å²) >= 11 is 1.07. The molecule has 0 spiro atoms. The van der Waals surface area contributed by atoms with Crippen molar-refractivity contribution in [2.45, 2.75) is 20.8 Å². The SMILES string of the molecule is CCOC(=O)c1nn(-c2ccc(F)cc2)c(=O)c2c(NC(=O)c3ccc(OCC)c(OCC)c3)scc12. The molecule has 2 aromatic heterocycles. The van der Waals surface area contributed by atoms with Crippen LogP contribution in [-0.2, 0) is 4.74 Å². The number of esters is 1. The first-order valence-electron chi connectivity index (χ1n) is 11.6. The number of nitrogens with zero attached hydrogens (tertiary/aromatic N) is 2. The molecule has 37 heavy (non-hydrogen) atoms. The largest absolute Gasteiger partial charge is 0.490 e. The smallest absolute Gasteiger partial charge is 0.359 e. The van der Waals surface area contributed by atoms with Crippen LogP contribution in [0.25, 0.3) is 16.5 Å². The molecule has 0 fully saturated rings. The maximum Gasteiger partial charge on any atom is 0.359 e. The summed E-state index contributed by atoms with van der Waals surface area (Å²) in [6.07, 6.45) is 0. The Labute approximate surface area is 215 Å². The van der Waals surface area contributed by atoms with Crippen LogP contribution in [0.1, 0.15) is 41.6 Å². The van der Waals surface area contributed by atoms with Crippen molar-refractivity contribution in [2.75, 3.05) is 25.1 Å². The van der Waals surface area contributed by atoms with Gasteiger partial charge in [0.15, 0.2) is 17.2 Å². The van der Waals surface area contributed by atoms with Gasteiger partial charge in [0.1, 0.15) is 10.8 Å². The number of thiophene rings is 1. The molecule has 0 aliphatic rings. The van der Waals surface area contributed by atoms with E-state index in [1.807, 2.05) is 13.8 Å². The highest BCUT2D eigenvalue weighted by atomic mass is 32.1. The van der Waals surface area contributed by atoms with Crippen LogP contribution in [-0.4, -0.2) is 41.5 Å². The van der Waals surface area contributed by atoms with Crippen LogP contribution in [0.2, 0.25) is 0 Å². The maximum absolute atomic E-state index is 13.5. The van der Waals surface area contributed by atoms with Gasteiger partial charge in [0.2, 0.25) is 0 Å². The lowest BCUT2D eigenvalue weighted by molar-refractivity contribution is 0.0520. The molecular weight excluding hydrogens is 501 g/mol. The zero-order valence-corrected chi connectivity index (χ0v) is 21.2. The number of benzene rings is 2. The van der Waals surface area contributed by atoms with Gasteiger partial charge in [-0.1, -0.05) is 0 Å². The second-order valence-electron chi connectivity index (χ2n) is 7.60. The fourth-order valence-electron chi connectivity index (χ4n) is 3.62. The Morgan fingerprint density at radius 1 is 1.00 bits per heavy atom. The Morgan fingerprint density at radius 2 is 1.70 bits per heavy atom. The minimum atomic E-state index is -0.730. The summed E-state index contributed by atoms with van der Waals surface area (Å²) < 4.78 is 30.7. The van der Waals surface area contributed by atoms with E-state index >= 15 is 0 Å². The van der Waals surface area contributed by atoms with Crippen molar-refractivity contribution in [3.05, 3.63) is 75.3 Å². The predicted octanol–water partition coefficient (Wildman–Crippen LogP) is 4.81. The maximum atomic E-state index is 13.5. The van der Waals surface area contributed by atoms with Crippen LogP contribution < -0.4 is 20.3 Å². The number of fused-ring (bicyclic) bond motifs is 1. The van der Waals surface area contributed by atoms with Gasteiger partial charge >= 0.3 is 5.97 Å². The lowest BCUT2D eigenvalue weighted by atomic mass is 10.1. The first-order chi connectivity index (χ1) is 17.9. The number of carbonyl (C=O) groups excluding carboxylic acids is 2. The minimum Gasteiger partial charge on any atom is -0.490 e. The number of halogens is 1. The molecule has 0 aliphatic heterocycles. The Balaban J connectivity index is 1.80. The van der Waals surface area contributed by atoms with E-state index in [2.05, 4.69) is 10.4 Å². The number of ether oxygens (including phenoxy) is 3. The highest BCUT2D eigenvalue weighted by Gasteiger charge is 2.24. The average Bonchev–Trinajstić information content (AvgIpc) is 3.30. The van der Waals surface area contributed by atoms with Crippen LogP contribution in [0, 0.1) is 5.82 Å². The van der Waals surface area contributed by atoms with E-state index in [4.69, 9.17) is 14.2 Å². The molecule has 2 heterocycles. The Bertz CT molecular complexity index is 1510. The Morgan fingerprint density at radius 3 is 2.38 bits per heavy atom. The first kappa shape index (κ1) is 25.8. The molecule has 9 nitrogen and oxygen atoms in total. The summed E-state index contributed by atoms with van der Waals surface area (Å²) in [5.74, 6) is -0.786. The second-order valence-corrected chi connectivity index (χ2v) is 8.48. The summed E-state index contributed by atoms with van der Waals surface area (Å²) in [6.45, 7) is 6.23. The van der Waals surface area contributed by atoms with Gasteiger partial charge in [-0.05, 0) is 63.2 Å². The molecule has 11 heteroatoms. The molecule has 0 unspecified atom stereocenters. The Hall–Kier alpha value is -4.25. The van der Waals surface area contributed by atoms with Crippen LogP contribution in [0.5, 0.6) is 11.5 Å². The highest BCUT2D eigenvalue weighted by Crippen LogP contribution is 2.32. The quantitative estimate of drug-likeness (QED) is 0.312. The fraction of sp³-hybridized carbons (Fsp3) is 0.231. The van der Waals surface area contributed by atoms with E-state index in [1.54, 1.807) is 30.5 Å². The van der Waals surface area contributed by atoms with E-state index in [0.29, 0.717) is 24.7 Å². The van der Waals surface area contributed by atoms with Crippen LogP contribution in [0.15, 0.2) is 52.6 Å². The van der Waals surface area contributed by atoms with Crippen molar-refractivity contribution >= 4 is 39.0 Å². The van der Waals surface area contributed by atoms with Crippen molar-refractivity contribution in [1.82, 2.24) is 9.78 Å². The molecule has 0 aliphatic carbocycles. The molecule has 0 saturated carbocycles. The van der Waals surface area contributed by atoms with Gasteiger partial charge in [0.25, 0.3) is 11.5 Å². The number of anilines is 1. The van der Waals surface area contributed by atoms with E-state index in [-0.39, 0.29) is 39.3 Å². The molecule has 0 saturated heterocycles. The van der Waals surface area contributed by atoms with Crippen molar-refractivity contribution in [1.29, 1.82) is 0 Å². The third kappa shape index (κ3) is 5.31. The number of rotatable bonds is 9. The van der Waals surface area contributed by atoms with Crippen molar-refractivity contribution in [3.63, 3.8) is 0 Å². The molecule has 4 aromatic rings. The minimum absolute atomic E-state index is 0.0803. The van der Waals surface area contributed by atoms with E-state index in [1.165, 1.54) is 24.3 Å². The van der Waals surface area contributed by atoms with E-state index in [0.717, 1.165) is 16.0 Å². The van der Waals surface area contributed by atoms with Gasteiger partial charge in [-0.3, -0.25) is 9.59 Å². The van der Waals surface area contributed by atoms with Gasteiger partial charge in [-0.25, -0.2) is 9.18 Å². The number of hydrogen-bond donors (Lipinski definition) is 1. The monoisotopic (exact) mass is 525 g/mol. The molecule has 0 bridgehead atoms. The van der Waals surface area contributed by atoms with Gasteiger partial charge in [-0.2, -0.15) is 9.78 Å². The van der Waals surface area contributed by atoms with E-state index < -0.39 is 23.3 Å². The lowest BCUT2D eigenvalue weighted by Crippen LogP contribution is -2.25. The summed E-state index contributed by atoms with van der Waals surface area (Å²) in [7, 11) is 0. The summed E-state index contributed by atoms with van der Waals surface area (Å²) in [5, 5.41) is 9.06. The van der Waals surface area contributed by atoms with Gasteiger partial charge < -0.3 is 19.5 Å². The van der Waals surface area contributed by atoms with Crippen LogP contribution in [0.4, 0.5) is 9.39 Å². The number of hydrogen-bond acceptors (Lipinski definition) is 8. The summed E-state index contributed by atoms with van der Waals surface area (Å²) in [5.41, 5.74) is -0.160. The molecule has 192 valence electrons. The van der Waals surface area contributed by atoms with Crippen LogP contribution >= 0.6 is 11.3 Å². The van der Waals surface area contributed by atoms with Crippen molar-refractivity contribution in [3.8, 4) is 17.2 Å². The topological polar surface area (TPSA) is 109 Å². The fourth-order valence-corrected chi connectivity index (χ4v) is 4.55. The van der Waals surface area contributed by atoms with Gasteiger partial charge in [-0.15, -0.1) is 11.3 Å². The number of aromatic nitrogens is 2. The first-order valence-corrected chi connectivity index (χ1v) is 12.4. The number of carbonyl (C=O) groups is 2. The molecule has 2 aromatic carbocycles. The lowest BCUT2D eigenvalue weighted by Gasteiger charge is -2.12. The predicted molar refractivity (Wildman–Crippen MR) is 138 cm³/mol. The van der Waals surface area contributed by atoms with Crippen molar-refractivity contribution in [2.24, 2.45) is 0 Å². The zero-order chi connectivity index (χ0) is 26.5. The molecule has 0 radical (unpaired) electrons. The standard InChI is InChI=1S/C26H24FN3O6S/c1-4-34-19-12-7-15(13-20(19)35-5-2)23(31)28-24-21-18(14-37-24)22(26(33)36-6-3)29-30(25(21)32)17-10-8-16(27)9-11-17/h7-14H,4-6H2,1-3H3,(H,28,31). The third-order valence-electron chi connectivity index (χ3n) is 5.23. The average molecular weight is 526 g/mol. The van der Waals surface area contributed by atoms with Gasteiger partial charge in [0, 0.05) is 16.3 Å². The van der Waals surface area contributed by atoms with Crippen LogP contribution in [0.3, 0.4) is 0 Å². The number of nitrogens with one attached hydrogen (secondary N) is 1. The van der Waals surface area contributed by atoms with Gasteiger partial charge in [0.05, 0.1) is 30.9 Å².